The minimum Gasteiger partial charge on any atom is -0.507 e. The van der Waals surface area contributed by atoms with Gasteiger partial charge in [-0.3, -0.25) is 0 Å². The molecule has 0 aliphatic heterocycles. The topological polar surface area (TPSA) is 44.0 Å². The first-order valence-corrected chi connectivity index (χ1v) is 3.79. The summed E-state index contributed by atoms with van der Waals surface area (Å²) in [6.45, 7) is 3.61. The maximum atomic E-state index is 9.36. The van der Waals surface area contributed by atoms with E-state index in [0.29, 0.717) is 5.56 Å². The summed E-state index contributed by atoms with van der Waals surface area (Å²) in [7, 11) is 0. The second-order valence-corrected chi connectivity index (χ2v) is 2.48. The lowest BCUT2D eigenvalue weighted by molar-refractivity contribution is 0.474. The van der Waals surface area contributed by atoms with Crippen LogP contribution in [0.5, 0.6) is 5.75 Å². The van der Waals surface area contributed by atoms with Crippen molar-refractivity contribution in [2.45, 2.75) is 0 Å². The normalized spacial score (nSPS) is 9.77. The number of hydrogen-bond acceptors (Lipinski definition) is 2. The van der Waals surface area contributed by atoms with Gasteiger partial charge in [-0.05, 0) is 23.8 Å². The van der Waals surface area contributed by atoms with Crippen molar-refractivity contribution in [3.8, 4) is 11.8 Å². The van der Waals surface area contributed by atoms with E-state index in [9.17, 15) is 5.11 Å². The summed E-state index contributed by atoms with van der Waals surface area (Å²) in [5.41, 5.74) is 1.54. The first kappa shape index (κ1) is 9.08. The van der Waals surface area contributed by atoms with Crippen LogP contribution >= 0.6 is 0 Å². The molecular formula is C11H9NO. The number of aromatic hydroxyl groups is 1. The van der Waals surface area contributed by atoms with Crippen molar-refractivity contribution in [1.82, 2.24) is 0 Å². The van der Waals surface area contributed by atoms with Gasteiger partial charge in [0, 0.05) is 11.6 Å². The summed E-state index contributed by atoms with van der Waals surface area (Å²) in [6.07, 6.45) is 4.56. The van der Waals surface area contributed by atoms with Gasteiger partial charge in [-0.15, -0.1) is 0 Å². The highest BCUT2D eigenvalue weighted by Gasteiger charge is 1.96. The zero-order valence-electron chi connectivity index (χ0n) is 7.07. The Kier molecular flexibility index (Phi) is 2.88. The van der Waals surface area contributed by atoms with Crippen LogP contribution in [0.15, 0.2) is 30.9 Å². The molecule has 1 aromatic carbocycles. The van der Waals surface area contributed by atoms with E-state index in [4.69, 9.17) is 5.26 Å². The van der Waals surface area contributed by atoms with Crippen LogP contribution in [0.4, 0.5) is 0 Å². The van der Waals surface area contributed by atoms with Crippen LogP contribution in [-0.2, 0) is 0 Å². The van der Waals surface area contributed by atoms with Gasteiger partial charge >= 0.3 is 0 Å². The van der Waals surface area contributed by atoms with E-state index in [1.54, 1.807) is 30.4 Å². The van der Waals surface area contributed by atoms with Gasteiger partial charge in [0.05, 0.1) is 6.07 Å². The highest BCUT2D eigenvalue weighted by Crippen LogP contribution is 2.20. The summed E-state index contributed by atoms with van der Waals surface area (Å²) in [5, 5.41) is 17.7. The van der Waals surface area contributed by atoms with Crippen molar-refractivity contribution in [1.29, 1.82) is 5.26 Å². The molecular weight excluding hydrogens is 162 g/mol. The lowest BCUT2D eigenvalue weighted by atomic mass is 10.1. The Bertz CT molecular complexity index is 386. The molecule has 0 saturated heterocycles. The van der Waals surface area contributed by atoms with Crippen LogP contribution in [-0.4, -0.2) is 5.11 Å². The van der Waals surface area contributed by atoms with Crippen LogP contribution in [0, 0.1) is 11.3 Å². The molecule has 0 amide bonds. The molecule has 0 saturated carbocycles. The molecule has 0 unspecified atom stereocenters. The maximum Gasteiger partial charge on any atom is 0.122 e. The first-order valence-electron chi connectivity index (χ1n) is 3.79. The highest BCUT2D eigenvalue weighted by molar-refractivity contribution is 5.63. The van der Waals surface area contributed by atoms with Crippen molar-refractivity contribution in [2.75, 3.05) is 0 Å². The minimum atomic E-state index is 0.164. The number of rotatable bonds is 2. The van der Waals surface area contributed by atoms with Gasteiger partial charge in [0.15, 0.2) is 0 Å². The average molecular weight is 171 g/mol. The molecule has 0 heterocycles. The van der Waals surface area contributed by atoms with Crippen molar-refractivity contribution < 1.29 is 5.11 Å². The molecule has 0 aromatic heterocycles. The molecule has 0 aliphatic rings. The van der Waals surface area contributed by atoms with Crippen molar-refractivity contribution >= 4 is 12.2 Å². The van der Waals surface area contributed by atoms with Gasteiger partial charge in [0.2, 0.25) is 0 Å². The Hall–Kier alpha value is -2.01. The molecule has 1 aromatic rings. The fraction of sp³-hybridized carbons (Fsp3) is 0. The van der Waals surface area contributed by atoms with Crippen LogP contribution in [0.3, 0.4) is 0 Å². The predicted octanol–water partition coefficient (Wildman–Crippen LogP) is 2.57. The lowest BCUT2D eigenvalue weighted by Crippen LogP contribution is -1.77. The number of hydrogen-bond donors (Lipinski definition) is 1. The lowest BCUT2D eigenvalue weighted by Gasteiger charge is -1.99. The van der Waals surface area contributed by atoms with Gasteiger partial charge in [0.25, 0.3) is 0 Å². The standard InChI is InChI=1S/C11H9NO/c1-2-9-5-6-11(13)10(8-9)4-3-7-12/h2-6,8,13H,1H2. The third-order valence-electron chi connectivity index (χ3n) is 1.62. The molecule has 1 rings (SSSR count). The highest BCUT2D eigenvalue weighted by atomic mass is 16.3. The number of allylic oxidation sites excluding steroid dienone is 1. The molecule has 0 fully saturated rings. The van der Waals surface area contributed by atoms with Crippen molar-refractivity contribution in [3.05, 3.63) is 42.0 Å². The third kappa shape index (κ3) is 2.21. The molecule has 0 bridgehead atoms. The van der Waals surface area contributed by atoms with E-state index in [1.165, 1.54) is 6.08 Å². The Labute approximate surface area is 77.1 Å². The Morgan fingerprint density at radius 2 is 2.23 bits per heavy atom. The Balaban J connectivity index is 3.12. The summed E-state index contributed by atoms with van der Waals surface area (Å²) in [5.74, 6) is 0.164. The minimum absolute atomic E-state index is 0.164. The van der Waals surface area contributed by atoms with E-state index in [2.05, 4.69) is 6.58 Å². The number of nitrogens with zero attached hydrogens (tertiary/aromatic N) is 1. The number of nitriles is 1. The van der Waals surface area contributed by atoms with E-state index < -0.39 is 0 Å². The van der Waals surface area contributed by atoms with Gasteiger partial charge < -0.3 is 5.11 Å². The molecule has 1 N–H and O–H groups in total. The van der Waals surface area contributed by atoms with E-state index in [1.807, 2.05) is 6.07 Å². The van der Waals surface area contributed by atoms with Crippen LogP contribution < -0.4 is 0 Å². The third-order valence-corrected chi connectivity index (χ3v) is 1.62. The Morgan fingerprint density at radius 3 is 2.85 bits per heavy atom. The first-order chi connectivity index (χ1) is 6.27. The van der Waals surface area contributed by atoms with E-state index in [0.717, 1.165) is 5.56 Å². The summed E-state index contributed by atoms with van der Waals surface area (Å²) >= 11 is 0. The van der Waals surface area contributed by atoms with Crippen molar-refractivity contribution in [2.24, 2.45) is 0 Å². The molecule has 2 nitrogen and oxygen atoms in total. The summed E-state index contributed by atoms with van der Waals surface area (Å²) in [6, 6.07) is 6.96. The fourth-order valence-electron chi connectivity index (χ4n) is 0.961. The molecule has 0 spiro atoms. The second-order valence-electron chi connectivity index (χ2n) is 2.48. The van der Waals surface area contributed by atoms with Crippen LogP contribution in [0.2, 0.25) is 0 Å². The van der Waals surface area contributed by atoms with Crippen molar-refractivity contribution in [3.63, 3.8) is 0 Å². The molecule has 13 heavy (non-hydrogen) atoms. The molecule has 0 aliphatic carbocycles. The molecule has 64 valence electrons. The number of phenols is 1. The molecule has 0 radical (unpaired) electrons. The SMILES string of the molecule is C=Cc1ccc(O)c(C=CC#N)c1. The number of phenolic OH excluding ortho intramolecular Hbond substituents is 1. The zero-order valence-corrected chi connectivity index (χ0v) is 7.07. The second kappa shape index (κ2) is 4.13. The summed E-state index contributed by atoms with van der Waals surface area (Å²) in [4.78, 5) is 0. The zero-order chi connectivity index (χ0) is 9.68. The largest absolute Gasteiger partial charge is 0.507 e. The smallest absolute Gasteiger partial charge is 0.122 e. The quantitative estimate of drug-likeness (QED) is 0.695. The Morgan fingerprint density at radius 1 is 1.46 bits per heavy atom. The van der Waals surface area contributed by atoms with Crippen LogP contribution in [0.1, 0.15) is 11.1 Å². The molecule has 0 atom stereocenters. The number of benzene rings is 1. The van der Waals surface area contributed by atoms with E-state index >= 15 is 0 Å². The van der Waals surface area contributed by atoms with Crippen LogP contribution in [0.25, 0.3) is 12.2 Å². The predicted molar refractivity (Wildman–Crippen MR) is 52.8 cm³/mol. The van der Waals surface area contributed by atoms with Gasteiger partial charge in [-0.2, -0.15) is 5.26 Å². The monoisotopic (exact) mass is 171 g/mol. The maximum absolute atomic E-state index is 9.36. The average Bonchev–Trinajstić information content (AvgIpc) is 2.17. The van der Waals surface area contributed by atoms with Gasteiger partial charge in [-0.25, -0.2) is 0 Å². The van der Waals surface area contributed by atoms with Gasteiger partial charge in [0.1, 0.15) is 5.75 Å². The van der Waals surface area contributed by atoms with E-state index in [-0.39, 0.29) is 5.75 Å². The summed E-state index contributed by atoms with van der Waals surface area (Å²) < 4.78 is 0. The molecule has 2 heteroatoms. The van der Waals surface area contributed by atoms with Gasteiger partial charge in [-0.1, -0.05) is 18.7 Å². The fourth-order valence-corrected chi connectivity index (χ4v) is 0.961.